The number of piperidine rings is 1. The zero-order chi connectivity index (χ0) is 19.5. The van der Waals surface area contributed by atoms with E-state index in [1.807, 2.05) is 0 Å². The zero-order valence-corrected chi connectivity index (χ0v) is 17.6. The summed E-state index contributed by atoms with van der Waals surface area (Å²) in [4.78, 5) is 18.4. The van der Waals surface area contributed by atoms with Gasteiger partial charge in [-0.15, -0.1) is 0 Å². The second-order valence-electron chi connectivity index (χ2n) is 9.08. The Morgan fingerprint density at radius 3 is 2.43 bits per heavy atom. The molecule has 4 nitrogen and oxygen atoms in total. The van der Waals surface area contributed by atoms with Crippen LogP contribution in [0.15, 0.2) is 30.3 Å². The molecule has 28 heavy (non-hydrogen) atoms. The largest absolute Gasteiger partial charge is 0.381 e. The van der Waals surface area contributed by atoms with Crippen molar-refractivity contribution in [3.63, 3.8) is 0 Å². The molecular weight excluding hydrogens is 348 g/mol. The number of nitrogens with zero attached hydrogens (tertiary/aromatic N) is 2. The number of carbonyl (C=O) groups excluding carboxylic acids is 1. The molecule has 1 aliphatic carbocycles. The van der Waals surface area contributed by atoms with Gasteiger partial charge >= 0.3 is 0 Å². The van der Waals surface area contributed by atoms with Gasteiger partial charge in [-0.3, -0.25) is 4.79 Å². The van der Waals surface area contributed by atoms with E-state index in [1.165, 1.54) is 18.4 Å². The summed E-state index contributed by atoms with van der Waals surface area (Å²) in [6.45, 7) is 2.06. The number of benzene rings is 1. The molecule has 3 fully saturated rings. The second-order valence-corrected chi connectivity index (χ2v) is 9.08. The van der Waals surface area contributed by atoms with Gasteiger partial charge in [0.2, 0.25) is 5.91 Å². The maximum absolute atomic E-state index is 13.5. The Balaban J connectivity index is 1.54. The third-order valence-electron chi connectivity index (χ3n) is 7.53. The van der Waals surface area contributed by atoms with E-state index >= 15 is 0 Å². The van der Waals surface area contributed by atoms with Crippen LogP contribution in [-0.2, 0) is 9.53 Å². The van der Waals surface area contributed by atoms with E-state index in [0.29, 0.717) is 30.0 Å². The number of amides is 1. The molecule has 2 heterocycles. The van der Waals surface area contributed by atoms with Crippen LogP contribution in [0.1, 0.15) is 62.8 Å². The van der Waals surface area contributed by atoms with Gasteiger partial charge in [-0.1, -0.05) is 36.8 Å². The first-order valence-corrected chi connectivity index (χ1v) is 11.3. The predicted octanol–water partition coefficient (Wildman–Crippen LogP) is 4.06. The zero-order valence-electron chi connectivity index (χ0n) is 17.6. The quantitative estimate of drug-likeness (QED) is 0.788. The summed E-state index contributed by atoms with van der Waals surface area (Å²) in [5.74, 6) is 1.16. The van der Waals surface area contributed by atoms with Gasteiger partial charge in [0, 0.05) is 37.6 Å². The van der Waals surface area contributed by atoms with Crippen LogP contribution in [0.3, 0.4) is 0 Å². The summed E-state index contributed by atoms with van der Waals surface area (Å²) in [6, 6.07) is 11.8. The number of likely N-dealkylation sites (tertiary alicyclic amines) is 2. The van der Waals surface area contributed by atoms with Crippen LogP contribution in [0, 0.1) is 5.92 Å². The van der Waals surface area contributed by atoms with Crippen molar-refractivity contribution < 1.29 is 9.53 Å². The summed E-state index contributed by atoms with van der Waals surface area (Å²) < 4.78 is 5.51. The minimum Gasteiger partial charge on any atom is -0.381 e. The molecule has 4 heteroatoms. The fourth-order valence-corrected chi connectivity index (χ4v) is 5.98. The lowest BCUT2D eigenvalue weighted by Crippen LogP contribution is -2.59. The van der Waals surface area contributed by atoms with E-state index in [2.05, 4.69) is 47.2 Å². The van der Waals surface area contributed by atoms with E-state index in [-0.39, 0.29) is 5.92 Å². The van der Waals surface area contributed by atoms with Gasteiger partial charge in [0.1, 0.15) is 0 Å². The molecule has 2 saturated heterocycles. The monoisotopic (exact) mass is 384 g/mol. The number of rotatable bonds is 3. The highest BCUT2D eigenvalue weighted by Crippen LogP contribution is 2.40. The van der Waals surface area contributed by atoms with Gasteiger partial charge in [0.05, 0.1) is 6.10 Å². The molecule has 3 atom stereocenters. The topological polar surface area (TPSA) is 32.8 Å². The normalized spacial score (nSPS) is 34.5. The summed E-state index contributed by atoms with van der Waals surface area (Å²) >= 11 is 0. The van der Waals surface area contributed by atoms with Crippen LogP contribution in [0.5, 0.6) is 0 Å². The molecule has 0 aromatic heterocycles. The first kappa shape index (κ1) is 19.9. The number of fused-ring (bicyclic) bond motifs is 1. The van der Waals surface area contributed by atoms with Crippen molar-refractivity contribution in [2.45, 2.75) is 75.5 Å². The van der Waals surface area contributed by atoms with Gasteiger partial charge < -0.3 is 14.5 Å². The van der Waals surface area contributed by atoms with Crippen molar-refractivity contribution in [2.75, 3.05) is 27.2 Å². The Morgan fingerprint density at radius 2 is 1.71 bits per heavy atom. The average molecular weight is 385 g/mol. The van der Waals surface area contributed by atoms with Crippen molar-refractivity contribution in [1.82, 2.24) is 9.80 Å². The second kappa shape index (κ2) is 8.96. The van der Waals surface area contributed by atoms with Crippen molar-refractivity contribution in [3.8, 4) is 0 Å². The highest BCUT2D eigenvalue weighted by molar-refractivity contribution is 5.79. The van der Waals surface area contributed by atoms with E-state index in [1.54, 1.807) is 7.11 Å². The number of hydrogen-bond donors (Lipinski definition) is 0. The highest BCUT2D eigenvalue weighted by Gasteiger charge is 2.44. The van der Waals surface area contributed by atoms with Crippen LogP contribution in [-0.4, -0.2) is 61.1 Å². The molecule has 1 aromatic carbocycles. The van der Waals surface area contributed by atoms with Crippen molar-refractivity contribution >= 4 is 5.91 Å². The van der Waals surface area contributed by atoms with Crippen molar-refractivity contribution in [1.29, 1.82) is 0 Å². The maximum Gasteiger partial charge on any atom is 0.225 e. The molecule has 154 valence electrons. The Hall–Kier alpha value is -1.39. The molecule has 1 amide bonds. The van der Waals surface area contributed by atoms with Crippen LogP contribution >= 0.6 is 0 Å². The molecule has 1 aromatic rings. The van der Waals surface area contributed by atoms with E-state index in [9.17, 15) is 4.79 Å². The third kappa shape index (κ3) is 3.99. The first-order chi connectivity index (χ1) is 13.7. The standard InChI is InChI=1S/C24H36N2O2/c1-25-16-7-6-10-22-23(25)21(18-8-4-3-5-9-18)15-17-26(22)24(27)19-11-13-20(28-2)14-12-19/h3-5,8-9,19-23H,6-7,10-17H2,1-2H3/t19?,20?,21-,22-,23-/m1/s1. The molecule has 0 spiro atoms. The molecule has 0 bridgehead atoms. The summed E-state index contributed by atoms with van der Waals surface area (Å²) in [5.41, 5.74) is 1.44. The van der Waals surface area contributed by atoms with E-state index in [4.69, 9.17) is 4.74 Å². The average Bonchev–Trinajstić information content (AvgIpc) is 2.95. The Bertz CT molecular complexity index is 641. The summed E-state index contributed by atoms with van der Waals surface area (Å²) in [7, 11) is 4.07. The van der Waals surface area contributed by atoms with Gasteiger partial charge in [-0.2, -0.15) is 0 Å². The van der Waals surface area contributed by atoms with E-state index in [0.717, 1.165) is 51.6 Å². The molecule has 2 aliphatic heterocycles. The highest BCUT2D eigenvalue weighted by atomic mass is 16.5. The summed E-state index contributed by atoms with van der Waals surface area (Å²) in [6.07, 6.45) is 9.09. The third-order valence-corrected chi connectivity index (χ3v) is 7.53. The number of hydrogen-bond acceptors (Lipinski definition) is 3. The number of ether oxygens (including phenoxy) is 1. The number of carbonyl (C=O) groups is 1. The van der Waals surface area contributed by atoms with Gasteiger partial charge in [-0.25, -0.2) is 0 Å². The Morgan fingerprint density at radius 1 is 0.964 bits per heavy atom. The predicted molar refractivity (Wildman–Crippen MR) is 112 cm³/mol. The molecule has 0 radical (unpaired) electrons. The molecule has 1 saturated carbocycles. The lowest BCUT2D eigenvalue weighted by Gasteiger charge is -2.49. The Kier molecular flexibility index (Phi) is 6.37. The molecule has 3 aliphatic rings. The van der Waals surface area contributed by atoms with Crippen molar-refractivity contribution in [3.05, 3.63) is 35.9 Å². The Labute approximate surface area is 170 Å². The smallest absolute Gasteiger partial charge is 0.225 e. The minimum atomic E-state index is 0.203. The van der Waals surface area contributed by atoms with Crippen LogP contribution in [0.25, 0.3) is 0 Å². The van der Waals surface area contributed by atoms with Crippen LogP contribution in [0.4, 0.5) is 0 Å². The van der Waals surface area contributed by atoms with Crippen molar-refractivity contribution in [2.24, 2.45) is 5.92 Å². The lowest BCUT2D eigenvalue weighted by molar-refractivity contribution is -0.143. The fourth-order valence-electron chi connectivity index (χ4n) is 5.98. The maximum atomic E-state index is 13.5. The van der Waals surface area contributed by atoms with Gasteiger partial charge in [0.15, 0.2) is 0 Å². The van der Waals surface area contributed by atoms with Crippen LogP contribution < -0.4 is 0 Å². The van der Waals surface area contributed by atoms with E-state index < -0.39 is 0 Å². The van der Waals surface area contributed by atoms with Gasteiger partial charge in [0.25, 0.3) is 0 Å². The molecule has 4 rings (SSSR count). The van der Waals surface area contributed by atoms with Gasteiger partial charge in [-0.05, 0) is 64.1 Å². The number of likely N-dealkylation sites (N-methyl/N-ethyl adjacent to an activating group) is 1. The minimum absolute atomic E-state index is 0.203. The fraction of sp³-hybridized carbons (Fsp3) is 0.708. The number of methoxy groups -OCH3 is 1. The van der Waals surface area contributed by atoms with Crippen LogP contribution in [0.2, 0.25) is 0 Å². The lowest BCUT2D eigenvalue weighted by atomic mass is 9.78. The summed E-state index contributed by atoms with van der Waals surface area (Å²) in [5, 5.41) is 0. The molecule has 0 unspecified atom stereocenters. The SMILES string of the molecule is COC1CCC(C(=O)N2CC[C@H](c3ccccc3)[C@@H]3[C@H]2CCCCN3C)CC1. The first-order valence-electron chi connectivity index (χ1n) is 11.3. The molecule has 0 N–H and O–H groups in total. The molecular formula is C24H36N2O2.